The van der Waals surface area contributed by atoms with E-state index in [1.165, 1.54) is 18.2 Å². The third kappa shape index (κ3) is 5.55. The first-order valence-corrected chi connectivity index (χ1v) is 13.4. The van der Waals surface area contributed by atoms with Crippen molar-refractivity contribution in [3.63, 3.8) is 0 Å². The van der Waals surface area contributed by atoms with E-state index in [4.69, 9.17) is 26.1 Å². The molecule has 0 radical (unpaired) electrons. The molecular weight excluding hydrogens is 539 g/mol. The zero-order valence-electron chi connectivity index (χ0n) is 21.4. The molecule has 0 aliphatic carbocycles. The number of nitrogens with zero attached hydrogens (tertiary/aromatic N) is 3. The maximum atomic E-state index is 15.4. The first-order chi connectivity index (χ1) is 19.4. The molecule has 40 heavy (non-hydrogen) atoms. The highest BCUT2D eigenvalue weighted by atomic mass is 35.5. The number of rotatable bonds is 8. The quantitative estimate of drug-likeness (QED) is 0.196. The predicted octanol–water partition coefficient (Wildman–Crippen LogP) is 7.52. The Balaban J connectivity index is 1.25. The van der Waals surface area contributed by atoms with Gasteiger partial charge in [-0.2, -0.15) is 0 Å². The van der Waals surface area contributed by atoms with Gasteiger partial charge in [0.2, 0.25) is 5.88 Å². The molecule has 1 saturated heterocycles. The number of pyridine rings is 1. The highest BCUT2D eigenvalue weighted by Crippen LogP contribution is 2.29. The van der Waals surface area contributed by atoms with Crippen LogP contribution < -0.4 is 4.74 Å². The number of aromatic nitrogens is 3. The second kappa shape index (κ2) is 11.3. The molecule has 204 valence electrons. The molecule has 2 aromatic heterocycles. The van der Waals surface area contributed by atoms with Gasteiger partial charge in [0.15, 0.2) is 0 Å². The molecule has 0 amide bonds. The molecule has 3 aromatic carbocycles. The summed E-state index contributed by atoms with van der Waals surface area (Å²) in [4.78, 5) is 9.04. The lowest BCUT2D eigenvalue weighted by molar-refractivity contribution is 0.0973. The summed E-state index contributed by atoms with van der Waals surface area (Å²) in [7, 11) is 0. The van der Waals surface area contributed by atoms with Gasteiger partial charge in [0.1, 0.15) is 29.9 Å². The Morgan fingerprint density at radius 3 is 2.58 bits per heavy atom. The topological polar surface area (TPSA) is 49.2 Å². The summed E-state index contributed by atoms with van der Waals surface area (Å²) in [6.45, 7) is 1.24. The molecular formula is C31H25ClF3N3O2. The minimum Gasteiger partial charge on any atom is -0.473 e. The van der Waals surface area contributed by atoms with Gasteiger partial charge >= 0.3 is 0 Å². The van der Waals surface area contributed by atoms with Crippen LogP contribution in [0.4, 0.5) is 13.2 Å². The van der Waals surface area contributed by atoms with E-state index < -0.39 is 17.5 Å². The Hall–Kier alpha value is -3.88. The molecule has 1 aliphatic rings. The van der Waals surface area contributed by atoms with E-state index in [1.54, 1.807) is 24.3 Å². The molecule has 1 unspecified atom stereocenters. The van der Waals surface area contributed by atoms with Gasteiger partial charge in [0.25, 0.3) is 0 Å². The van der Waals surface area contributed by atoms with Crippen LogP contribution in [0.25, 0.3) is 22.3 Å². The molecule has 5 nitrogen and oxygen atoms in total. The summed E-state index contributed by atoms with van der Waals surface area (Å²) in [6, 6.07) is 19.1. The van der Waals surface area contributed by atoms with Gasteiger partial charge in [0.05, 0.1) is 29.4 Å². The van der Waals surface area contributed by atoms with E-state index >= 15 is 8.78 Å². The molecule has 5 aromatic rings. The molecule has 1 fully saturated rings. The normalized spacial score (nSPS) is 15.2. The third-order valence-electron chi connectivity index (χ3n) is 7.02. The molecule has 1 aliphatic heterocycles. The summed E-state index contributed by atoms with van der Waals surface area (Å²) in [5.41, 5.74) is 2.41. The number of ether oxygens (including phenoxy) is 2. The van der Waals surface area contributed by atoms with Crippen molar-refractivity contribution in [1.82, 2.24) is 14.5 Å². The molecule has 6 rings (SSSR count). The van der Waals surface area contributed by atoms with Gasteiger partial charge in [0, 0.05) is 35.2 Å². The standard InChI is InChI=1S/C31H25ClF3N3O2/c32-21-11-10-19(24(33)15-21)18-40-31-9-3-7-27(37-31)23-16-25(34)20(13-26(23)35)14-30-36-28-6-1-2-8-29(28)38(30)17-22-5-4-12-39-22/h1-3,6-11,13,15-16,22H,4-5,12,14,17-18H2. The zero-order chi connectivity index (χ0) is 27.6. The van der Waals surface area contributed by atoms with Gasteiger partial charge in [-0.25, -0.2) is 23.1 Å². The van der Waals surface area contributed by atoms with E-state index in [0.717, 1.165) is 36.5 Å². The van der Waals surface area contributed by atoms with Gasteiger partial charge in [-0.15, -0.1) is 0 Å². The van der Waals surface area contributed by atoms with Crippen molar-refractivity contribution in [2.45, 2.75) is 38.5 Å². The molecule has 0 bridgehead atoms. The molecule has 3 heterocycles. The van der Waals surface area contributed by atoms with Crippen LogP contribution in [0.3, 0.4) is 0 Å². The number of imidazole rings is 1. The Morgan fingerprint density at radius 1 is 0.900 bits per heavy atom. The summed E-state index contributed by atoms with van der Waals surface area (Å²) in [5, 5.41) is 0.280. The van der Waals surface area contributed by atoms with Crippen molar-refractivity contribution < 1.29 is 22.6 Å². The Kier molecular flexibility index (Phi) is 7.45. The van der Waals surface area contributed by atoms with Crippen LogP contribution in [0.5, 0.6) is 5.88 Å². The highest BCUT2D eigenvalue weighted by Gasteiger charge is 2.21. The predicted molar refractivity (Wildman–Crippen MR) is 147 cm³/mol. The van der Waals surface area contributed by atoms with Crippen molar-refractivity contribution in [3.05, 3.63) is 112 Å². The average molecular weight is 564 g/mol. The smallest absolute Gasteiger partial charge is 0.214 e. The molecule has 1 atom stereocenters. The van der Waals surface area contributed by atoms with Crippen molar-refractivity contribution in [2.24, 2.45) is 0 Å². The number of benzene rings is 3. The first-order valence-electron chi connectivity index (χ1n) is 13.0. The fraction of sp³-hybridized carbons (Fsp3) is 0.226. The van der Waals surface area contributed by atoms with Crippen molar-refractivity contribution in [2.75, 3.05) is 6.61 Å². The van der Waals surface area contributed by atoms with E-state index in [0.29, 0.717) is 17.9 Å². The van der Waals surface area contributed by atoms with Crippen LogP contribution >= 0.6 is 11.6 Å². The van der Waals surface area contributed by atoms with Gasteiger partial charge in [-0.1, -0.05) is 35.9 Å². The van der Waals surface area contributed by atoms with Crippen molar-refractivity contribution in [3.8, 4) is 17.1 Å². The maximum absolute atomic E-state index is 15.4. The maximum Gasteiger partial charge on any atom is 0.214 e. The van der Waals surface area contributed by atoms with Gasteiger partial charge in [-0.3, -0.25) is 0 Å². The van der Waals surface area contributed by atoms with E-state index in [2.05, 4.69) is 4.98 Å². The summed E-state index contributed by atoms with van der Waals surface area (Å²) in [6.07, 6.45) is 2.14. The second-order valence-corrected chi connectivity index (χ2v) is 10.2. The van der Waals surface area contributed by atoms with Crippen LogP contribution in [0.15, 0.2) is 72.8 Å². The second-order valence-electron chi connectivity index (χ2n) is 9.75. The van der Waals surface area contributed by atoms with E-state index in [9.17, 15) is 4.39 Å². The van der Waals surface area contributed by atoms with E-state index in [-0.39, 0.29) is 46.9 Å². The molecule has 9 heteroatoms. The number of hydrogen-bond acceptors (Lipinski definition) is 4. The Bertz CT molecular complexity index is 1680. The lowest BCUT2D eigenvalue weighted by atomic mass is 10.0. The summed E-state index contributed by atoms with van der Waals surface area (Å²) >= 11 is 5.80. The van der Waals surface area contributed by atoms with E-state index in [1.807, 2.05) is 28.8 Å². The molecule has 0 saturated carbocycles. The van der Waals surface area contributed by atoms with Gasteiger partial charge in [-0.05, 0) is 60.9 Å². The zero-order valence-corrected chi connectivity index (χ0v) is 22.2. The lowest BCUT2D eigenvalue weighted by Gasteiger charge is -2.15. The van der Waals surface area contributed by atoms with Crippen LogP contribution in [-0.4, -0.2) is 27.2 Å². The van der Waals surface area contributed by atoms with Crippen molar-refractivity contribution >= 4 is 22.6 Å². The monoisotopic (exact) mass is 563 g/mol. The SMILES string of the molecule is Fc1cc(Cl)ccc1COc1cccc(-c2cc(F)c(Cc3nc4ccccc4n3CC3CCCO3)cc2F)n1. The largest absolute Gasteiger partial charge is 0.473 e. The Morgan fingerprint density at radius 2 is 1.75 bits per heavy atom. The number of fused-ring (bicyclic) bond motifs is 1. The average Bonchev–Trinajstić information content (AvgIpc) is 3.58. The minimum atomic E-state index is -0.619. The summed E-state index contributed by atoms with van der Waals surface area (Å²) in [5.74, 6) is -0.893. The summed E-state index contributed by atoms with van der Waals surface area (Å²) < 4.78 is 58.3. The minimum absolute atomic E-state index is 0.00256. The number of hydrogen-bond donors (Lipinski definition) is 0. The van der Waals surface area contributed by atoms with Gasteiger partial charge < -0.3 is 14.0 Å². The fourth-order valence-corrected chi connectivity index (χ4v) is 5.14. The highest BCUT2D eigenvalue weighted by molar-refractivity contribution is 6.30. The third-order valence-corrected chi connectivity index (χ3v) is 7.25. The van der Waals surface area contributed by atoms with Crippen LogP contribution in [0.2, 0.25) is 5.02 Å². The van der Waals surface area contributed by atoms with Crippen LogP contribution in [-0.2, 0) is 24.3 Å². The molecule has 0 N–H and O–H groups in total. The molecule has 0 spiro atoms. The first kappa shape index (κ1) is 26.3. The fourth-order valence-electron chi connectivity index (χ4n) is 4.98. The van der Waals surface area contributed by atoms with Crippen molar-refractivity contribution in [1.29, 1.82) is 0 Å². The van der Waals surface area contributed by atoms with Crippen LogP contribution in [0, 0.1) is 17.5 Å². The Labute approximate surface area is 234 Å². The number of halogens is 4. The van der Waals surface area contributed by atoms with Crippen LogP contribution in [0.1, 0.15) is 29.8 Å². The lowest BCUT2D eigenvalue weighted by Crippen LogP contribution is -2.17. The number of para-hydroxylation sites is 2.